The van der Waals surface area contributed by atoms with Gasteiger partial charge in [0.15, 0.2) is 0 Å². The Balaban J connectivity index is 1.73. The van der Waals surface area contributed by atoms with Crippen LogP contribution in [-0.2, 0) is 9.59 Å². The Labute approximate surface area is 152 Å². The molecule has 0 aliphatic heterocycles. The third kappa shape index (κ3) is 3.54. The molecule has 5 heteroatoms. The van der Waals surface area contributed by atoms with E-state index in [-0.39, 0.29) is 11.8 Å². The van der Waals surface area contributed by atoms with Gasteiger partial charge in [-0.15, -0.1) is 0 Å². The molecule has 1 saturated carbocycles. The van der Waals surface area contributed by atoms with Gasteiger partial charge >= 0.3 is 0 Å². The van der Waals surface area contributed by atoms with Crippen LogP contribution in [0.1, 0.15) is 29.5 Å². The molecule has 4 nitrogen and oxygen atoms in total. The van der Waals surface area contributed by atoms with Crippen molar-refractivity contribution in [3.63, 3.8) is 0 Å². The first-order valence-electron chi connectivity index (χ1n) is 8.28. The molecule has 1 fully saturated rings. The Morgan fingerprint density at radius 2 is 1.56 bits per heavy atom. The normalized spacial score (nSPS) is 14.7. The number of anilines is 2. The number of hydrogen-bond donors (Lipinski definition) is 2. The van der Waals surface area contributed by atoms with Crippen LogP contribution in [0.15, 0.2) is 36.4 Å². The minimum atomic E-state index is -0.981. The highest BCUT2D eigenvalue weighted by Crippen LogP contribution is 2.47. The average Bonchev–Trinajstić information content (AvgIpc) is 3.35. The number of amides is 2. The summed E-state index contributed by atoms with van der Waals surface area (Å²) in [7, 11) is 0. The molecule has 1 aliphatic carbocycles. The third-order valence-electron chi connectivity index (χ3n) is 4.82. The second kappa shape index (κ2) is 6.52. The lowest BCUT2D eigenvalue weighted by atomic mass is 10.0. The van der Waals surface area contributed by atoms with Gasteiger partial charge in [-0.2, -0.15) is 0 Å². The zero-order valence-corrected chi connectivity index (χ0v) is 15.3. The first kappa shape index (κ1) is 17.5. The number of nitrogens with one attached hydrogen (secondary N) is 2. The van der Waals surface area contributed by atoms with Crippen LogP contribution in [0, 0.1) is 26.2 Å². The molecule has 0 atom stereocenters. The Kier molecular flexibility index (Phi) is 4.56. The van der Waals surface area contributed by atoms with Crippen molar-refractivity contribution in [3.05, 3.63) is 58.1 Å². The van der Waals surface area contributed by atoms with E-state index in [1.165, 1.54) is 0 Å². The fourth-order valence-corrected chi connectivity index (χ4v) is 2.99. The van der Waals surface area contributed by atoms with E-state index in [2.05, 4.69) is 10.6 Å². The van der Waals surface area contributed by atoms with Crippen LogP contribution < -0.4 is 10.6 Å². The van der Waals surface area contributed by atoms with Gasteiger partial charge in [0.1, 0.15) is 5.41 Å². The van der Waals surface area contributed by atoms with E-state index in [1.54, 1.807) is 18.2 Å². The Bertz CT molecular complexity index is 857. The molecule has 0 saturated heterocycles. The number of halogens is 1. The zero-order valence-electron chi connectivity index (χ0n) is 14.6. The van der Waals surface area contributed by atoms with E-state index < -0.39 is 5.41 Å². The third-order valence-corrected chi connectivity index (χ3v) is 5.06. The summed E-state index contributed by atoms with van der Waals surface area (Å²) >= 11 is 5.94. The van der Waals surface area contributed by atoms with Gasteiger partial charge in [0.25, 0.3) is 0 Å². The van der Waals surface area contributed by atoms with Gasteiger partial charge in [0, 0.05) is 16.4 Å². The van der Waals surface area contributed by atoms with E-state index in [0.29, 0.717) is 23.6 Å². The van der Waals surface area contributed by atoms with Crippen LogP contribution >= 0.6 is 11.6 Å². The number of hydrogen-bond acceptors (Lipinski definition) is 2. The second-order valence-corrected chi connectivity index (χ2v) is 7.19. The quantitative estimate of drug-likeness (QED) is 0.785. The summed E-state index contributed by atoms with van der Waals surface area (Å²) in [5, 5.41) is 6.37. The highest BCUT2D eigenvalue weighted by molar-refractivity contribution is 6.30. The molecule has 0 spiro atoms. The van der Waals surface area contributed by atoms with E-state index in [9.17, 15) is 9.59 Å². The van der Waals surface area contributed by atoms with E-state index in [0.717, 1.165) is 22.4 Å². The number of benzene rings is 2. The first-order valence-corrected chi connectivity index (χ1v) is 8.66. The van der Waals surface area contributed by atoms with Gasteiger partial charge in [0.2, 0.25) is 11.8 Å². The van der Waals surface area contributed by atoms with Gasteiger partial charge < -0.3 is 10.6 Å². The van der Waals surface area contributed by atoms with E-state index in [4.69, 9.17) is 11.6 Å². The van der Waals surface area contributed by atoms with Crippen LogP contribution in [0.4, 0.5) is 11.4 Å². The van der Waals surface area contributed by atoms with Crippen LogP contribution in [0.2, 0.25) is 5.02 Å². The number of carbonyl (C=O) groups excluding carboxylic acids is 2. The van der Waals surface area contributed by atoms with Crippen LogP contribution in [0.3, 0.4) is 0 Å². The fraction of sp³-hybridized carbons (Fsp3) is 0.300. The van der Waals surface area contributed by atoms with Crippen molar-refractivity contribution < 1.29 is 9.59 Å². The molecule has 0 unspecified atom stereocenters. The van der Waals surface area contributed by atoms with E-state index in [1.807, 2.05) is 39.0 Å². The average molecular weight is 357 g/mol. The molecule has 2 N–H and O–H groups in total. The second-order valence-electron chi connectivity index (χ2n) is 6.75. The van der Waals surface area contributed by atoms with Gasteiger partial charge in [-0.3, -0.25) is 9.59 Å². The first-order chi connectivity index (χ1) is 11.8. The summed E-state index contributed by atoms with van der Waals surface area (Å²) in [6.07, 6.45) is 1.12. The summed E-state index contributed by atoms with van der Waals surface area (Å²) in [5.41, 5.74) is 3.55. The minimum absolute atomic E-state index is 0.250. The van der Waals surface area contributed by atoms with Crippen LogP contribution in [-0.4, -0.2) is 11.8 Å². The Morgan fingerprint density at radius 3 is 2.16 bits per heavy atom. The monoisotopic (exact) mass is 356 g/mol. The molecular weight excluding hydrogens is 336 g/mol. The maximum absolute atomic E-state index is 12.7. The Hall–Kier alpha value is -2.33. The molecule has 0 heterocycles. The summed E-state index contributed by atoms with van der Waals surface area (Å²) in [5.74, 6) is -0.515. The van der Waals surface area contributed by atoms with Crippen LogP contribution in [0.25, 0.3) is 0 Å². The van der Waals surface area contributed by atoms with Crippen molar-refractivity contribution >= 4 is 34.8 Å². The lowest BCUT2D eigenvalue weighted by molar-refractivity contribution is -0.131. The summed E-state index contributed by atoms with van der Waals surface area (Å²) in [6.45, 7) is 5.88. The lowest BCUT2D eigenvalue weighted by Crippen LogP contribution is -2.35. The number of rotatable bonds is 4. The lowest BCUT2D eigenvalue weighted by Gasteiger charge is -2.17. The largest absolute Gasteiger partial charge is 0.325 e. The van der Waals surface area contributed by atoms with Crippen molar-refractivity contribution in [1.29, 1.82) is 0 Å². The van der Waals surface area contributed by atoms with Crippen molar-refractivity contribution in [2.75, 3.05) is 10.6 Å². The van der Waals surface area contributed by atoms with Crippen molar-refractivity contribution in [2.24, 2.45) is 5.41 Å². The molecule has 2 aromatic rings. The predicted octanol–water partition coefficient (Wildman–Crippen LogP) is 4.62. The summed E-state index contributed by atoms with van der Waals surface area (Å²) < 4.78 is 0. The maximum Gasteiger partial charge on any atom is 0.240 e. The highest BCUT2D eigenvalue weighted by atomic mass is 35.5. The molecule has 3 rings (SSSR count). The van der Waals surface area contributed by atoms with E-state index >= 15 is 0 Å². The topological polar surface area (TPSA) is 58.2 Å². The highest BCUT2D eigenvalue weighted by Gasteiger charge is 2.56. The minimum Gasteiger partial charge on any atom is -0.325 e. The molecular formula is C20H21ClN2O2. The SMILES string of the molecule is Cc1ccc(NC(=O)C2(C(=O)Nc3ccc(Cl)cc3C)CC2)cc1C. The van der Waals surface area contributed by atoms with Gasteiger partial charge in [-0.25, -0.2) is 0 Å². The zero-order chi connectivity index (χ0) is 18.2. The van der Waals surface area contributed by atoms with Crippen LogP contribution in [0.5, 0.6) is 0 Å². The molecule has 0 bridgehead atoms. The van der Waals surface area contributed by atoms with Gasteiger partial charge in [0.05, 0.1) is 0 Å². The standard InChI is InChI=1S/C20H21ClN2O2/c1-12-4-6-16(11-13(12)2)22-18(24)20(8-9-20)19(25)23-17-7-5-15(21)10-14(17)3/h4-7,10-11H,8-9H2,1-3H3,(H,22,24)(H,23,25). The molecule has 2 amide bonds. The Morgan fingerprint density at radius 1 is 0.880 bits per heavy atom. The molecule has 1 aliphatic rings. The van der Waals surface area contributed by atoms with Crippen molar-refractivity contribution in [2.45, 2.75) is 33.6 Å². The van der Waals surface area contributed by atoms with Gasteiger partial charge in [-0.1, -0.05) is 17.7 Å². The number of aryl methyl sites for hydroxylation is 3. The predicted molar refractivity (Wildman–Crippen MR) is 101 cm³/mol. The van der Waals surface area contributed by atoms with Crippen molar-refractivity contribution in [3.8, 4) is 0 Å². The summed E-state index contributed by atoms with van der Waals surface area (Å²) in [4.78, 5) is 25.4. The molecule has 0 aromatic heterocycles. The number of carbonyl (C=O) groups is 2. The maximum atomic E-state index is 12.7. The molecule has 2 aromatic carbocycles. The van der Waals surface area contributed by atoms with Crippen molar-refractivity contribution in [1.82, 2.24) is 0 Å². The smallest absolute Gasteiger partial charge is 0.240 e. The van der Waals surface area contributed by atoms with Gasteiger partial charge in [-0.05, 0) is 80.6 Å². The summed E-state index contributed by atoms with van der Waals surface area (Å²) in [6, 6.07) is 11.0. The fourth-order valence-electron chi connectivity index (χ4n) is 2.76. The molecule has 25 heavy (non-hydrogen) atoms. The molecule has 0 radical (unpaired) electrons. The molecule has 130 valence electrons.